The van der Waals surface area contributed by atoms with Crippen molar-refractivity contribution >= 4 is 17.8 Å². The van der Waals surface area contributed by atoms with Crippen LogP contribution in [0.1, 0.15) is 53.6 Å². The molecule has 0 heterocycles. The molecule has 4 aromatic rings. The average Bonchev–Trinajstić information content (AvgIpc) is 3.05. The molecule has 0 aliphatic heterocycles. The van der Waals surface area contributed by atoms with E-state index in [1.165, 1.54) is 0 Å². The van der Waals surface area contributed by atoms with Crippen molar-refractivity contribution in [1.29, 1.82) is 0 Å². The number of aryl methyl sites for hydroxylation is 2. The maximum Gasteiger partial charge on any atom is 0.408 e. The molecule has 6 heteroatoms. The van der Waals surface area contributed by atoms with Gasteiger partial charge >= 0.3 is 6.09 Å². The van der Waals surface area contributed by atoms with E-state index < -0.39 is 24.1 Å². The van der Waals surface area contributed by atoms with Gasteiger partial charge in [-0.1, -0.05) is 123 Å². The van der Waals surface area contributed by atoms with Gasteiger partial charge in [0.05, 0.1) is 12.0 Å². The van der Waals surface area contributed by atoms with Gasteiger partial charge in [-0.15, -0.1) is 0 Å². The molecule has 2 amide bonds. The summed E-state index contributed by atoms with van der Waals surface area (Å²) >= 11 is 0. The molecule has 0 spiro atoms. The average molecular weight is 618 g/mol. The summed E-state index contributed by atoms with van der Waals surface area (Å²) in [5.41, 5.74) is 6.15. The number of carbonyl (C=O) groups is 3. The maximum absolute atomic E-state index is 14.6. The third kappa shape index (κ3) is 10.4. The smallest absolute Gasteiger partial charge is 0.408 e. The lowest BCUT2D eigenvalue weighted by molar-refractivity contribution is -0.128. The Morgan fingerprint density at radius 2 is 1.13 bits per heavy atom. The zero-order valence-electron chi connectivity index (χ0n) is 27.3. The number of amides is 2. The van der Waals surface area contributed by atoms with Gasteiger partial charge in [0.15, 0.2) is 5.78 Å². The number of ketones is 1. The summed E-state index contributed by atoms with van der Waals surface area (Å²) < 4.78 is 5.43. The van der Waals surface area contributed by atoms with Crippen molar-refractivity contribution in [3.63, 3.8) is 0 Å². The highest BCUT2D eigenvalue weighted by atomic mass is 16.5. The zero-order valence-corrected chi connectivity index (χ0v) is 27.3. The number of nitrogens with one attached hydrogen (secondary N) is 2. The van der Waals surface area contributed by atoms with Crippen LogP contribution in [0, 0.1) is 25.7 Å². The van der Waals surface area contributed by atoms with Crippen LogP contribution in [-0.4, -0.2) is 29.9 Å². The number of benzene rings is 4. The van der Waals surface area contributed by atoms with E-state index in [0.29, 0.717) is 25.7 Å². The van der Waals surface area contributed by atoms with Crippen LogP contribution in [0.15, 0.2) is 109 Å². The maximum atomic E-state index is 14.6. The number of carbonyl (C=O) groups excluding carboxylic acids is 3. The van der Waals surface area contributed by atoms with E-state index >= 15 is 0 Å². The molecule has 0 aliphatic rings. The Balaban J connectivity index is 1.59. The highest BCUT2D eigenvalue weighted by Gasteiger charge is 2.33. The molecule has 4 aromatic carbocycles. The van der Waals surface area contributed by atoms with Crippen molar-refractivity contribution in [2.75, 3.05) is 0 Å². The first-order valence-electron chi connectivity index (χ1n) is 16.0. The SMILES string of the molecule is Cc1ccccc1C[C](Cc1ccccc1C)C(=O)[C@H](Cc1ccccc1)NC(=O)[C@H](CC(C)C)NC(=O)OCc1ccccc1. The molecule has 6 nitrogen and oxygen atoms in total. The van der Waals surface area contributed by atoms with Gasteiger partial charge in [0.2, 0.25) is 5.91 Å². The molecule has 0 aliphatic carbocycles. The molecule has 0 fully saturated rings. The van der Waals surface area contributed by atoms with Gasteiger partial charge in [-0.25, -0.2) is 4.79 Å². The van der Waals surface area contributed by atoms with Gasteiger partial charge in [0.1, 0.15) is 12.6 Å². The van der Waals surface area contributed by atoms with E-state index in [9.17, 15) is 14.4 Å². The minimum atomic E-state index is -0.870. The van der Waals surface area contributed by atoms with Gasteiger partial charge in [0, 0.05) is 0 Å². The number of hydrogen-bond acceptors (Lipinski definition) is 4. The van der Waals surface area contributed by atoms with Gasteiger partial charge in [-0.3, -0.25) is 9.59 Å². The van der Waals surface area contributed by atoms with Gasteiger partial charge < -0.3 is 15.4 Å². The van der Waals surface area contributed by atoms with Crippen LogP contribution in [0.3, 0.4) is 0 Å². The minimum absolute atomic E-state index is 0.0912. The third-order valence-electron chi connectivity index (χ3n) is 8.12. The molecule has 2 N–H and O–H groups in total. The van der Waals surface area contributed by atoms with Crippen LogP contribution >= 0.6 is 0 Å². The summed E-state index contributed by atoms with van der Waals surface area (Å²) in [7, 11) is 0. The molecule has 2 atom stereocenters. The van der Waals surface area contributed by atoms with Crippen LogP contribution in [0.25, 0.3) is 0 Å². The molecule has 0 unspecified atom stereocenters. The monoisotopic (exact) mass is 617 g/mol. The summed E-state index contributed by atoms with van der Waals surface area (Å²) in [6, 6.07) is 33.5. The second-order valence-corrected chi connectivity index (χ2v) is 12.3. The van der Waals surface area contributed by atoms with E-state index in [1.807, 2.05) is 125 Å². The quantitative estimate of drug-likeness (QED) is 0.147. The van der Waals surface area contributed by atoms with E-state index in [1.54, 1.807) is 0 Å². The van der Waals surface area contributed by atoms with E-state index in [4.69, 9.17) is 4.74 Å². The Hall–Kier alpha value is -4.71. The molecule has 239 valence electrons. The fourth-order valence-electron chi connectivity index (χ4n) is 5.50. The van der Waals surface area contributed by atoms with Gasteiger partial charge in [-0.05, 0) is 78.8 Å². The van der Waals surface area contributed by atoms with Gasteiger partial charge in [0.25, 0.3) is 0 Å². The molecule has 0 bridgehead atoms. The molecule has 0 saturated carbocycles. The number of hydrogen-bond donors (Lipinski definition) is 2. The Labute approximate surface area is 273 Å². The molecule has 0 aromatic heterocycles. The van der Waals surface area contributed by atoms with E-state index in [0.717, 1.165) is 39.3 Å². The lowest BCUT2D eigenvalue weighted by Gasteiger charge is -2.27. The minimum Gasteiger partial charge on any atom is -0.445 e. The first-order valence-corrected chi connectivity index (χ1v) is 16.0. The number of ether oxygens (including phenoxy) is 1. The first kappa shape index (κ1) is 34.2. The van der Waals surface area contributed by atoms with Crippen molar-refractivity contribution < 1.29 is 19.1 Å². The highest BCUT2D eigenvalue weighted by Crippen LogP contribution is 2.24. The van der Waals surface area contributed by atoms with Crippen molar-refractivity contribution in [1.82, 2.24) is 10.6 Å². The van der Waals surface area contributed by atoms with Crippen molar-refractivity contribution in [3.05, 3.63) is 148 Å². The van der Waals surface area contributed by atoms with E-state index in [2.05, 4.69) is 22.8 Å². The standard InChI is InChI=1S/C40H45N2O4/c1-28(2)23-37(42-40(45)46-27-32-19-9-6-10-20-32)39(44)41-36(24-31-17-7-5-8-18-31)38(43)35(25-33-21-13-11-15-29(33)3)26-34-22-14-12-16-30(34)4/h5-22,28,36-37H,23-27H2,1-4H3,(H,41,44)(H,42,45)/t36-,37-/m0/s1. The Bertz CT molecular complexity index is 1520. The summed E-state index contributed by atoms with van der Waals surface area (Å²) in [6.45, 7) is 8.16. The summed E-state index contributed by atoms with van der Waals surface area (Å²) in [6.07, 6.45) is 0.980. The van der Waals surface area contributed by atoms with Crippen molar-refractivity contribution in [3.8, 4) is 0 Å². The summed E-state index contributed by atoms with van der Waals surface area (Å²) in [4.78, 5) is 41.3. The largest absolute Gasteiger partial charge is 0.445 e. The molecular formula is C40H45N2O4. The molecule has 4 rings (SSSR count). The fraction of sp³-hybridized carbons (Fsp3) is 0.300. The number of Topliss-reactive ketones (excluding diaryl/α,β-unsaturated/α-hetero) is 1. The number of rotatable bonds is 15. The van der Waals surface area contributed by atoms with Crippen LogP contribution in [-0.2, 0) is 40.2 Å². The Kier molecular flexibility index (Phi) is 12.7. The lowest BCUT2D eigenvalue weighted by Crippen LogP contribution is -2.53. The topological polar surface area (TPSA) is 84.5 Å². The molecule has 1 radical (unpaired) electrons. The predicted octanol–water partition coefficient (Wildman–Crippen LogP) is 7.30. The van der Waals surface area contributed by atoms with Crippen molar-refractivity contribution in [2.24, 2.45) is 5.92 Å². The Morgan fingerprint density at radius 1 is 0.630 bits per heavy atom. The molecule has 46 heavy (non-hydrogen) atoms. The fourth-order valence-corrected chi connectivity index (χ4v) is 5.50. The zero-order chi connectivity index (χ0) is 32.9. The van der Waals surface area contributed by atoms with Crippen LogP contribution in [0.5, 0.6) is 0 Å². The van der Waals surface area contributed by atoms with Crippen LogP contribution in [0.2, 0.25) is 0 Å². The normalized spacial score (nSPS) is 12.4. The second-order valence-electron chi connectivity index (χ2n) is 12.3. The molecule has 0 saturated heterocycles. The molecular weight excluding hydrogens is 572 g/mol. The van der Waals surface area contributed by atoms with Crippen molar-refractivity contribution in [2.45, 2.75) is 72.1 Å². The Morgan fingerprint density at radius 3 is 1.65 bits per heavy atom. The predicted molar refractivity (Wildman–Crippen MR) is 183 cm³/mol. The number of alkyl carbamates (subject to hydrolysis) is 1. The third-order valence-corrected chi connectivity index (χ3v) is 8.12. The van der Waals surface area contributed by atoms with Gasteiger partial charge in [-0.2, -0.15) is 0 Å². The lowest BCUT2D eigenvalue weighted by atomic mass is 9.83. The summed E-state index contributed by atoms with van der Waals surface area (Å²) in [5.74, 6) is 0.308. The van der Waals surface area contributed by atoms with E-state index in [-0.39, 0.29) is 18.3 Å². The van der Waals surface area contributed by atoms with Crippen LogP contribution in [0.4, 0.5) is 4.79 Å². The highest BCUT2D eigenvalue weighted by molar-refractivity contribution is 6.00. The summed E-state index contributed by atoms with van der Waals surface area (Å²) in [5, 5.41) is 5.81. The first-order chi connectivity index (χ1) is 22.2. The second kappa shape index (κ2) is 17.1. The van der Waals surface area contributed by atoms with Crippen LogP contribution < -0.4 is 10.6 Å².